The maximum Gasteiger partial charge on any atom is 0.292 e. The molecular weight excluding hydrogens is 416 g/mol. The minimum absolute atomic E-state index is 0.155. The molecule has 0 aliphatic rings. The maximum absolute atomic E-state index is 13.0. The number of carbonyl (C=O) groups is 1. The molecule has 0 fully saturated rings. The number of fused-ring (bicyclic) bond motifs is 1. The number of amides is 1. The van der Waals surface area contributed by atoms with Crippen molar-refractivity contribution in [1.29, 1.82) is 0 Å². The van der Waals surface area contributed by atoms with Crippen molar-refractivity contribution in [3.8, 4) is 5.75 Å². The molecule has 1 aromatic heterocycles. The molecular formula is C26H24N4O3. The monoisotopic (exact) mass is 440 g/mol. The van der Waals surface area contributed by atoms with Crippen molar-refractivity contribution in [1.82, 2.24) is 15.2 Å². The molecule has 7 nitrogen and oxygen atoms in total. The number of methoxy groups -OCH3 is 1. The van der Waals surface area contributed by atoms with Gasteiger partial charge in [0.2, 0.25) is 0 Å². The summed E-state index contributed by atoms with van der Waals surface area (Å²) in [4.78, 5) is 26.0. The van der Waals surface area contributed by atoms with Gasteiger partial charge >= 0.3 is 0 Å². The average molecular weight is 441 g/mol. The molecule has 0 aliphatic carbocycles. The molecule has 0 unspecified atom stereocenters. The van der Waals surface area contributed by atoms with Gasteiger partial charge in [-0.15, -0.1) is 0 Å². The Morgan fingerprint density at radius 2 is 1.61 bits per heavy atom. The van der Waals surface area contributed by atoms with E-state index in [1.54, 1.807) is 31.4 Å². The van der Waals surface area contributed by atoms with Crippen LogP contribution in [0.3, 0.4) is 0 Å². The standard InChI is InChI=1S/C26H24N4O3/c1-18(16-19-12-14-21(33-2)15-13-19)27-28-25(31)24-22-10-6-7-11-23(22)26(32)30(29-24)17-20-8-4-3-5-9-20/h3-15H,16-17H2,1-2H3,(H,28,31). The molecule has 7 heteroatoms. The van der Waals surface area contributed by atoms with Crippen molar-refractivity contribution in [2.45, 2.75) is 19.9 Å². The molecule has 1 heterocycles. The first-order valence-corrected chi connectivity index (χ1v) is 10.6. The Morgan fingerprint density at radius 1 is 0.939 bits per heavy atom. The van der Waals surface area contributed by atoms with Gasteiger partial charge < -0.3 is 4.74 Å². The molecule has 0 atom stereocenters. The summed E-state index contributed by atoms with van der Waals surface area (Å²) >= 11 is 0. The van der Waals surface area contributed by atoms with E-state index in [-0.39, 0.29) is 17.8 Å². The van der Waals surface area contributed by atoms with E-state index in [1.165, 1.54) is 4.68 Å². The van der Waals surface area contributed by atoms with E-state index in [0.29, 0.717) is 17.2 Å². The summed E-state index contributed by atoms with van der Waals surface area (Å²) in [6.45, 7) is 2.11. The van der Waals surface area contributed by atoms with Crippen molar-refractivity contribution >= 4 is 22.4 Å². The Kier molecular flexibility index (Phi) is 6.59. The van der Waals surface area contributed by atoms with E-state index in [2.05, 4.69) is 15.6 Å². The van der Waals surface area contributed by atoms with Crippen LogP contribution in [-0.4, -0.2) is 28.5 Å². The third-order valence-corrected chi connectivity index (χ3v) is 5.23. The molecule has 0 spiro atoms. The van der Waals surface area contributed by atoms with E-state index in [0.717, 1.165) is 22.6 Å². The topological polar surface area (TPSA) is 85.6 Å². The second-order valence-electron chi connectivity index (χ2n) is 7.66. The molecule has 0 radical (unpaired) electrons. The zero-order valence-corrected chi connectivity index (χ0v) is 18.5. The SMILES string of the molecule is COc1ccc(CC(C)=NNC(=O)c2nn(Cc3ccccc3)c(=O)c3ccccc23)cc1. The molecule has 0 saturated carbocycles. The van der Waals surface area contributed by atoms with Gasteiger partial charge in [-0.05, 0) is 36.2 Å². The van der Waals surface area contributed by atoms with Crippen LogP contribution in [0.2, 0.25) is 0 Å². The van der Waals surface area contributed by atoms with Gasteiger partial charge in [0.25, 0.3) is 11.5 Å². The van der Waals surface area contributed by atoms with Gasteiger partial charge in [0.1, 0.15) is 5.75 Å². The first-order valence-electron chi connectivity index (χ1n) is 10.6. The van der Waals surface area contributed by atoms with Gasteiger partial charge in [-0.1, -0.05) is 60.7 Å². The number of nitrogens with one attached hydrogen (secondary N) is 1. The molecule has 4 rings (SSSR count). The Labute approximate surface area is 191 Å². The van der Waals surface area contributed by atoms with Gasteiger partial charge in [0.05, 0.1) is 19.0 Å². The summed E-state index contributed by atoms with van der Waals surface area (Å²) in [6, 6.07) is 24.2. The molecule has 166 valence electrons. The van der Waals surface area contributed by atoms with Crippen molar-refractivity contribution in [3.05, 3.63) is 106 Å². The highest BCUT2D eigenvalue weighted by atomic mass is 16.5. The van der Waals surface area contributed by atoms with E-state index in [4.69, 9.17) is 4.74 Å². The maximum atomic E-state index is 13.0. The molecule has 4 aromatic rings. The second kappa shape index (κ2) is 9.91. The van der Waals surface area contributed by atoms with E-state index >= 15 is 0 Å². The van der Waals surface area contributed by atoms with Gasteiger partial charge in [0.15, 0.2) is 5.69 Å². The number of benzene rings is 3. The van der Waals surface area contributed by atoms with Gasteiger partial charge in [0, 0.05) is 17.5 Å². The van der Waals surface area contributed by atoms with Crippen LogP contribution in [0, 0.1) is 0 Å². The van der Waals surface area contributed by atoms with Crippen LogP contribution in [0.5, 0.6) is 5.75 Å². The van der Waals surface area contributed by atoms with Crippen LogP contribution < -0.4 is 15.7 Å². The van der Waals surface area contributed by atoms with E-state index in [9.17, 15) is 9.59 Å². The van der Waals surface area contributed by atoms with Crippen LogP contribution in [0.4, 0.5) is 0 Å². The van der Waals surface area contributed by atoms with Crippen LogP contribution in [0.15, 0.2) is 88.8 Å². The van der Waals surface area contributed by atoms with Crippen LogP contribution in [0.1, 0.15) is 28.5 Å². The predicted molar refractivity (Wildman–Crippen MR) is 129 cm³/mol. The molecule has 1 amide bonds. The van der Waals surface area contributed by atoms with Crippen LogP contribution in [-0.2, 0) is 13.0 Å². The lowest BCUT2D eigenvalue weighted by molar-refractivity contribution is 0.0949. The molecule has 33 heavy (non-hydrogen) atoms. The largest absolute Gasteiger partial charge is 0.497 e. The highest BCUT2D eigenvalue weighted by molar-refractivity contribution is 6.05. The molecule has 3 aromatic carbocycles. The summed E-state index contributed by atoms with van der Waals surface area (Å²) in [5, 5.41) is 9.56. The number of hydrazone groups is 1. The van der Waals surface area contributed by atoms with Crippen molar-refractivity contribution in [2.24, 2.45) is 5.10 Å². The summed E-state index contributed by atoms with van der Waals surface area (Å²) in [5.74, 6) is 0.312. The normalized spacial score (nSPS) is 11.4. The van der Waals surface area contributed by atoms with Crippen LogP contribution >= 0.6 is 0 Å². The number of aromatic nitrogens is 2. The number of hydrogen-bond acceptors (Lipinski definition) is 5. The third-order valence-electron chi connectivity index (χ3n) is 5.23. The summed E-state index contributed by atoms with van der Waals surface area (Å²) in [7, 11) is 1.62. The number of ether oxygens (including phenoxy) is 1. The Morgan fingerprint density at radius 3 is 2.30 bits per heavy atom. The van der Waals surface area contributed by atoms with Crippen LogP contribution in [0.25, 0.3) is 10.8 Å². The molecule has 0 saturated heterocycles. The quantitative estimate of drug-likeness (QED) is 0.350. The Balaban J connectivity index is 1.59. The number of carbonyl (C=O) groups excluding carboxylic acids is 1. The lowest BCUT2D eigenvalue weighted by Crippen LogP contribution is -2.29. The predicted octanol–water partition coefficient (Wildman–Crippen LogP) is 3.80. The van der Waals surface area contributed by atoms with E-state index < -0.39 is 5.91 Å². The number of rotatable bonds is 7. The fourth-order valence-electron chi connectivity index (χ4n) is 3.54. The number of hydrogen-bond donors (Lipinski definition) is 1. The van der Waals surface area contributed by atoms with Gasteiger partial charge in [-0.25, -0.2) is 10.1 Å². The smallest absolute Gasteiger partial charge is 0.292 e. The first-order chi connectivity index (χ1) is 16.0. The van der Waals surface area contributed by atoms with Crippen molar-refractivity contribution in [2.75, 3.05) is 7.11 Å². The van der Waals surface area contributed by atoms with Crippen molar-refractivity contribution < 1.29 is 9.53 Å². The summed E-state index contributed by atoms with van der Waals surface area (Å²) in [5.41, 5.74) is 5.20. The summed E-state index contributed by atoms with van der Waals surface area (Å²) < 4.78 is 6.49. The fraction of sp³-hybridized carbons (Fsp3) is 0.154. The van der Waals surface area contributed by atoms with Crippen molar-refractivity contribution in [3.63, 3.8) is 0 Å². The van der Waals surface area contributed by atoms with E-state index in [1.807, 2.05) is 61.5 Å². The lowest BCUT2D eigenvalue weighted by atomic mass is 10.1. The third kappa shape index (κ3) is 5.15. The minimum atomic E-state index is -0.470. The zero-order valence-electron chi connectivity index (χ0n) is 18.5. The van der Waals surface area contributed by atoms with Gasteiger partial charge in [-0.3, -0.25) is 9.59 Å². The Bertz CT molecular complexity index is 1360. The molecule has 0 bridgehead atoms. The minimum Gasteiger partial charge on any atom is -0.497 e. The second-order valence-corrected chi connectivity index (χ2v) is 7.66. The molecule has 0 aliphatic heterocycles. The fourth-order valence-corrected chi connectivity index (χ4v) is 3.54. The lowest BCUT2D eigenvalue weighted by Gasteiger charge is -2.10. The average Bonchev–Trinajstić information content (AvgIpc) is 2.85. The first kappa shape index (κ1) is 22.0. The zero-order chi connectivity index (χ0) is 23.2. The summed E-state index contributed by atoms with van der Waals surface area (Å²) in [6.07, 6.45) is 0.575. The van der Waals surface area contributed by atoms with Gasteiger partial charge in [-0.2, -0.15) is 10.2 Å². The highest BCUT2D eigenvalue weighted by Crippen LogP contribution is 2.15. The molecule has 1 N–H and O–H groups in total. The Hall–Kier alpha value is -4.26. The highest BCUT2D eigenvalue weighted by Gasteiger charge is 2.16. The number of nitrogens with zero attached hydrogens (tertiary/aromatic N) is 3.